The van der Waals surface area contributed by atoms with Crippen molar-refractivity contribution >= 4 is 27.6 Å². The topological polar surface area (TPSA) is 128 Å². The predicted octanol–water partition coefficient (Wildman–Crippen LogP) is 4.25. The molecule has 1 saturated heterocycles. The van der Waals surface area contributed by atoms with Crippen molar-refractivity contribution in [3.63, 3.8) is 0 Å². The first-order chi connectivity index (χ1) is 18.1. The van der Waals surface area contributed by atoms with Crippen LogP contribution in [0.1, 0.15) is 44.9 Å². The summed E-state index contributed by atoms with van der Waals surface area (Å²) < 4.78 is 48.0. The van der Waals surface area contributed by atoms with Gasteiger partial charge < -0.3 is 15.4 Å². The highest BCUT2D eigenvalue weighted by molar-refractivity contribution is 7.90. The van der Waals surface area contributed by atoms with Crippen LogP contribution in [0.15, 0.2) is 53.6 Å². The van der Waals surface area contributed by atoms with E-state index in [1.165, 1.54) is 36.4 Å². The van der Waals surface area contributed by atoms with Crippen molar-refractivity contribution in [2.24, 2.45) is 11.8 Å². The van der Waals surface area contributed by atoms with Gasteiger partial charge in [-0.2, -0.15) is 8.42 Å². The second kappa shape index (κ2) is 10.2. The molecule has 2 bridgehead atoms. The normalized spacial score (nSPS) is 18.7. The zero-order valence-corrected chi connectivity index (χ0v) is 22.0. The van der Waals surface area contributed by atoms with Gasteiger partial charge in [0.1, 0.15) is 23.2 Å². The lowest BCUT2D eigenvalue weighted by Gasteiger charge is -2.30. The van der Waals surface area contributed by atoms with E-state index in [-0.39, 0.29) is 29.8 Å². The van der Waals surface area contributed by atoms with Crippen molar-refractivity contribution in [2.75, 3.05) is 23.8 Å². The van der Waals surface area contributed by atoms with Gasteiger partial charge in [0, 0.05) is 25.6 Å². The number of nitrogens with one attached hydrogen (secondary N) is 1. The number of hydrogen-bond acceptors (Lipinski definition) is 8. The number of aromatic nitrogens is 2. The van der Waals surface area contributed by atoms with E-state index in [9.17, 15) is 17.6 Å². The number of nitrogen functional groups attached to an aromatic ring is 1. The fourth-order valence-corrected chi connectivity index (χ4v) is 6.00. The van der Waals surface area contributed by atoms with Crippen LogP contribution in [0.2, 0.25) is 0 Å². The number of fused-ring (bicyclic) bond motifs is 2. The molecule has 3 heterocycles. The molecule has 11 heteroatoms. The molecular weight excluding hydrogens is 509 g/mol. The number of ether oxygens (including phenoxy) is 1. The minimum absolute atomic E-state index is 0. The molecule has 2 unspecified atom stereocenters. The van der Waals surface area contributed by atoms with Gasteiger partial charge in [-0.15, -0.1) is 0 Å². The number of rotatable bonds is 8. The summed E-state index contributed by atoms with van der Waals surface area (Å²) in [6.07, 6.45) is 3.07. The van der Waals surface area contributed by atoms with Crippen LogP contribution in [-0.4, -0.2) is 43.5 Å². The Bertz CT molecular complexity index is 1490. The van der Waals surface area contributed by atoms with Gasteiger partial charge in [0.05, 0.1) is 17.9 Å². The number of sulfonamides is 1. The van der Waals surface area contributed by atoms with Crippen LogP contribution in [-0.2, 0) is 10.0 Å². The second-order valence-electron chi connectivity index (χ2n) is 10.3. The monoisotopic (exact) mass is 541 g/mol. The summed E-state index contributed by atoms with van der Waals surface area (Å²) in [5.74, 6) is 0.252. The van der Waals surface area contributed by atoms with Gasteiger partial charge in [0.25, 0.3) is 15.9 Å². The number of amides is 1. The molecule has 2 aromatic heterocycles. The molecule has 0 radical (unpaired) electrons. The Morgan fingerprint density at radius 1 is 1.21 bits per heavy atom. The Hall–Kier alpha value is -3.73. The Balaban J connectivity index is 0.00000353. The molecular formula is C27H32FN5O4S. The minimum atomic E-state index is -4.27. The van der Waals surface area contributed by atoms with Gasteiger partial charge in [-0.25, -0.2) is 19.1 Å². The van der Waals surface area contributed by atoms with Gasteiger partial charge in [0.15, 0.2) is 5.03 Å². The summed E-state index contributed by atoms with van der Waals surface area (Å²) in [6.45, 7) is 5.17. The molecule has 3 N–H and O–H groups in total. The zero-order valence-electron chi connectivity index (χ0n) is 21.2. The predicted molar refractivity (Wildman–Crippen MR) is 144 cm³/mol. The molecule has 1 aliphatic carbocycles. The van der Waals surface area contributed by atoms with E-state index >= 15 is 0 Å². The lowest BCUT2D eigenvalue weighted by atomic mass is 10.1. The Kier molecular flexibility index (Phi) is 6.95. The van der Waals surface area contributed by atoms with Crippen LogP contribution in [0.3, 0.4) is 0 Å². The van der Waals surface area contributed by atoms with Gasteiger partial charge in [0.2, 0.25) is 0 Å². The van der Waals surface area contributed by atoms with Crippen LogP contribution in [0.4, 0.5) is 16.0 Å². The summed E-state index contributed by atoms with van der Waals surface area (Å²) in [7, 11) is -4.27. The summed E-state index contributed by atoms with van der Waals surface area (Å²) in [4.78, 5) is 24.0. The number of benzene rings is 1. The van der Waals surface area contributed by atoms with E-state index < -0.39 is 21.7 Å². The molecule has 1 saturated carbocycles. The van der Waals surface area contributed by atoms with Crippen LogP contribution in [0.25, 0.3) is 11.3 Å². The highest BCUT2D eigenvalue weighted by atomic mass is 32.2. The average Bonchev–Trinajstić information content (AvgIpc) is 3.51. The molecule has 5 rings (SSSR count). The molecule has 2 aliphatic rings. The fraction of sp³-hybridized carbons (Fsp3) is 0.370. The van der Waals surface area contributed by atoms with Crippen molar-refractivity contribution in [3.8, 4) is 17.0 Å². The first kappa shape index (κ1) is 25.9. The third kappa shape index (κ3) is 5.42. The van der Waals surface area contributed by atoms with Crippen LogP contribution >= 0.6 is 0 Å². The highest BCUT2D eigenvalue weighted by Crippen LogP contribution is 2.41. The lowest BCUT2D eigenvalue weighted by molar-refractivity contribution is 0.0981. The molecule has 202 valence electrons. The van der Waals surface area contributed by atoms with Crippen molar-refractivity contribution in [3.05, 3.63) is 59.9 Å². The minimum Gasteiger partial charge on any atom is -0.493 e. The second-order valence-corrected chi connectivity index (χ2v) is 11.9. The van der Waals surface area contributed by atoms with Crippen molar-refractivity contribution in [1.29, 1.82) is 0 Å². The number of anilines is 2. The number of piperidine rings is 1. The van der Waals surface area contributed by atoms with E-state index in [1.807, 2.05) is 13.8 Å². The van der Waals surface area contributed by atoms with Gasteiger partial charge in [-0.3, -0.25) is 4.79 Å². The molecule has 2 atom stereocenters. The fourth-order valence-electron chi connectivity index (χ4n) is 5.06. The number of carbonyl (C=O) groups is 1. The average molecular weight is 542 g/mol. The first-order valence-corrected chi connectivity index (χ1v) is 14.1. The standard InChI is InChI=1S/C27H30FN5O4S.H2/c1-16(2)15-37-21-12-18(11-19(28)13-21)23-9-8-22(26(30-23)33-14-17-6-7-20(33)10-17)27(34)32-38(35,36)25-5-3-4-24(29)31-25;/h3-5,8-9,11-13,16-17,20H,6-7,10,14-15H2,1-2H3,(H2,29,31)(H,32,34);1H. The summed E-state index contributed by atoms with van der Waals surface area (Å²) >= 11 is 0. The van der Waals surface area contributed by atoms with Crippen molar-refractivity contribution in [2.45, 2.75) is 44.2 Å². The molecule has 2 fully saturated rings. The summed E-state index contributed by atoms with van der Waals surface area (Å²) in [5.41, 5.74) is 6.69. The van der Waals surface area contributed by atoms with E-state index in [1.54, 1.807) is 12.1 Å². The quantitative estimate of drug-likeness (QED) is 0.433. The summed E-state index contributed by atoms with van der Waals surface area (Å²) in [5, 5.41) is -0.356. The van der Waals surface area contributed by atoms with Crippen molar-refractivity contribution in [1.82, 2.24) is 14.7 Å². The molecule has 1 amide bonds. The Morgan fingerprint density at radius 3 is 2.71 bits per heavy atom. The van der Waals surface area contributed by atoms with E-state index in [0.717, 1.165) is 25.8 Å². The number of hydrogen-bond donors (Lipinski definition) is 2. The molecule has 9 nitrogen and oxygen atoms in total. The Labute approximate surface area is 222 Å². The van der Waals surface area contributed by atoms with E-state index in [0.29, 0.717) is 35.3 Å². The smallest absolute Gasteiger partial charge is 0.281 e. The van der Waals surface area contributed by atoms with E-state index in [4.69, 9.17) is 15.5 Å². The molecule has 3 aromatic rings. The molecule has 0 spiro atoms. The maximum absolute atomic E-state index is 14.5. The van der Waals surface area contributed by atoms with Gasteiger partial charge >= 0.3 is 0 Å². The number of carbonyl (C=O) groups excluding carboxylic acids is 1. The molecule has 38 heavy (non-hydrogen) atoms. The van der Waals surface area contributed by atoms with E-state index in [2.05, 4.69) is 14.6 Å². The number of halogens is 1. The van der Waals surface area contributed by atoms with Crippen LogP contribution in [0, 0.1) is 17.7 Å². The lowest BCUT2D eigenvalue weighted by Crippen LogP contribution is -2.37. The maximum Gasteiger partial charge on any atom is 0.281 e. The third-order valence-electron chi connectivity index (χ3n) is 6.80. The highest BCUT2D eigenvalue weighted by Gasteiger charge is 2.40. The largest absolute Gasteiger partial charge is 0.493 e. The van der Waals surface area contributed by atoms with Gasteiger partial charge in [-0.05, 0) is 67.5 Å². The SMILES string of the molecule is CC(C)COc1cc(F)cc(-c2ccc(C(=O)NS(=O)(=O)c3cccc(N)n3)c(N3CC4CCC3C4)n2)c1.[HH]. The van der Waals surface area contributed by atoms with Crippen LogP contribution in [0.5, 0.6) is 5.75 Å². The number of nitrogens with zero attached hydrogens (tertiary/aromatic N) is 3. The third-order valence-corrected chi connectivity index (χ3v) is 8.03. The van der Waals surface area contributed by atoms with Crippen molar-refractivity contribution < 1.29 is 23.8 Å². The Morgan fingerprint density at radius 2 is 2.03 bits per heavy atom. The maximum atomic E-state index is 14.5. The van der Waals surface area contributed by atoms with Gasteiger partial charge in [-0.1, -0.05) is 19.9 Å². The molecule has 1 aromatic carbocycles. The van der Waals surface area contributed by atoms with Crippen LogP contribution < -0.4 is 20.1 Å². The first-order valence-electron chi connectivity index (χ1n) is 12.6. The number of nitrogens with two attached hydrogens (primary N) is 1. The molecule has 1 aliphatic heterocycles. The number of pyridine rings is 2. The zero-order chi connectivity index (χ0) is 27.0. The summed E-state index contributed by atoms with van der Waals surface area (Å²) in [6, 6.07) is 11.9.